The molecule has 0 aliphatic heterocycles. The SMILES string of the molecule is COc1cc(NC(CO)CO)c(OC)cc1C. The van der Waals surface area contributed by atoms with Crippen LogP contribution in [0, 0.1) is 6.92 Å². The Morgan fingerprint density at radius 1 is 1.12 bits per heavy atom. The van der Waals surface area contributed by atoms with Crippen molar-refractivity contribution in [2.45, 2.75) is 13.0 Å². The van der Waals surface area contributed by atoms with Crippen molar-refractivity contribution in [2.24, 2.45) is 0 Å². The van der Waals surface area contributed by atoms with Crippen LogP contribution in [0.1, 0.15) is 5.56 Å². The zero-order valence-electron chi connectivity index (χ0n) is 10.4. The fraction of sp³-hybridized carbons (Fsp3) is 0.500. The molecule has 1 aromatic rings. The monoisotopic (exact) mass is 241 g/mol. The average Bonchev–Trinajstić information content (AvgIpc) is 2.36. The summed E-state index contributed by atoms with van der Waals surface area (Å²) < 4.78 is 10.4. The third-order valence-electron chi connectivity index (χ3n) is 2.52. The van der Waals surface area contributed by atoms with Crippen LogP contribution in [0.2, 0.25) is 0 Å². The van der Waals surface area contributed by atoms with E-state index in [0.29, 0.717) is 11.4 Å². The van der Waals surface area contributed by atoms with E-state index in [4.69, 9.17) is 19.7 Å². The van der Waals surface area contributed by atoms with Gasteiger partial charge in [0.1, 0.15) is 11.5 Å². The third-order valence-corrected chi connectivity index (χ3v) is 2.52. The number of aliphatic hydroxyl groups is 2. The first kappa shape index (κ1) is 13.6. The van der Waals surface area contributed by atoms with Gasteiger partial charge in [-0.25, -0.2) is 0 Å². The molecule has 0 aromatic heterocycles. The molecule has 1 rings (SSSR count). The lowest BCUT2D eigenvalue weighted by Crippen LogP contribution is -2.27. The Kier molecular flexibility index (Phi) is 5.06. The molecule has 0 fully saturated rings. The molecule has 0 atom stereocenters. The molecule has 0 amide bonds. The molecule has 1 aromatic carbocycles. The van der Waals surface area contributed by atoms with Crippen molar-refractivity contribution in [3.8, 4) is 11.5 Å². The summed E-state index contributed by atoms with van der Waals surface area (Å²) in [6.07, 6.45) is 0. The van der Waals surface area contributed by atoms with E-state index in [0.717, 1.165) is 11.3 Å². The van der Waals surface area contributed by atoms with Crippen molar-refractivity contribution in [1.82, 2.24) is 0 Å². The summed E-state index contributed by atoms with van der Waals surface area (Å²) in [6, 6.07) is 3.20. The highest BCUT2D eigenvalue weighted by atomic mass is 16.5. The summed E-state index contributed by atoms with van der Waals surface area (Å²) in [5.41, 5.74) is 1.64. The molecule has 0 unspecified atom stereocenters. The number of aliphatic hydroxyl groups excluding tert-OH is 2. The van der Waals surface area contributed by atoms with E-state index in [1.165, 1.54) is 0 Å². The van der Waals surface area contributed by atoms with E-state index in [-0.39, 0.29) is 13.2 Å². The van der Waals surface area contributed by atoms with Gasteiger partial charge >= 0.3 is 0 Å². The molecule has 0 bridgehead atoms. The summed E-state index contributed by atoms with van der Waals surface area (Å²) in [5.74, 6) is 1.37. The maximum absolute atomic E-state index is 9.04. The van der Waals surface area contributed by atoms with Crippen LogP contribution in [0.4, 0.5) is 5.69 Å². The molecule has 0 radical (unpaired) electrons. The van der Waals surface area contributed by atoms with Gasteiger partial charge in [0.2, 0.25) is 0 Å². The van der Waals surface area contributed by atoms with E-state index in [1.54, 1.807) is 20.3 Å². The number of rotatable bonds is 6. The molecule has 0 spiro atoms. The Morgan fingerprint density at radius 3 is 2.18 bits per heavy atom. The van der Waals surface area contributed by atoms with Gasteiger partial charge in [-0.1, -0.05) is 0 Å². The quantitative estimate of drug-likeness (QED) is 0.686. The minimum Gasteiger partial charge on any atom is -0.496 e. The largest absolute Gasteiger partial charge is 0.496 e. The summed E-state index contributed by atoms with van der Waals surface area (Å²) >= 11 is 0. The molecule has 96 valence electrons. The van der Waals surface area contributed by atoms with Crippen molar-refractivity contribution in [1.29, 1.82) is 0 Å². The van der Waals surface area contributed by atoms with Crippen LogP contribution < -0.4 is 14.8 Å². The van der Waals surface area contributed by atoms with Gasteiger partial charge in [-0.3, -0.25) is 0 Å². The maximum Gasteiger partial charge on any atom is 0.142 e. The summed E-state index contributed by atoms with van der Waals surface area (Å²) in [7, 11) is 3.16. The number of anilines is 1. The Bertz CT molecular complexity index is 364. The lowest BCUT2D eigenvalue weighted by atomic mass is 10.1. The van der Waals surface area contributed by atoms with Gasteiger partial charge in [0.15, 0.2) is 0 Å². The van der Waals surface area contributed by atoms with Crippen molar-refractivity contribution >= 4 is 5.69 Å². The Balaban J connectivity index is 3.03. The molecule has 3 N–H and O–H groups in total. The maximum atomic E-state index is 9.04. The first-order valence-electron chi connectivity index (χ1n) is 5.37. The van der Waals surface area contributed by atoms with Gasteiger partial charge in [0.05, 0.1) is 39.2 Å². The van der Waals surface area contributed by atoms with Crippen LogP contribution in [-0.4, -0.2) is 43.7 Å². The molecular weight excluding hydrogens is 222 g/mol. The molecule has 17 heavy (non-hydrogen) atoms. The Hall–Kier alpha value is -1.46. The number of hydrogen-bond donors (Lipinski definition) is 3. The highest BCUT2D eigenvalue weighted by Crippen LogP contribution is 2.32. The predicted octanol–water partition coefficient (Wildman–Crippen LogP) is 0.777. The number of methoxy groups -OCH3 is 2. The first-order valence-corrected chi connectivity index (χ1v) is 5.37. The zero-order chi connectivity index (χ0) is 12.8. The second-order valence-electron chi connectivity index (χ2n) is 3.73. The van der Waals surface area contributed by atoms with Gasteiger partial charge in [-0.05, 0) is 18.6 Å². The Labute approximate surface area is 101 Å². The second-order valence-corrected chi connectivity index (χ2v) is 3.73. The fourth-order valence-electron chi connectivity index (χ4n) is 1.53. The average molecular weight is 241 g/mol. The second kappa shape index (κ2) is 6.32. The highest BCUT2D eigenvalue weighted by Gasteiger charge is 2.12. The summed E-state index contributed by atoms with van der Waals surface area (Å²) in [5, 5.41) is 21.1. The smallest absolute Gasteiger partial charge is 0.142 e. The van der Waals surface area contributed by atoms with Gasteiger partial charge in [-0.2, -0.15) is 0 Å². The van der Waals surface area contributed by atoms with E-state index in [2.05, 4.69) is 5.32 Å². The topological polar surface area (TPSA) is 71.0 Å². The van der Waals surface area contributed by atoms with Crippen molar-refractivity contribution < 1.29 is 19.7 Å². The summed E-state index contributed by atoms with van der Waals surface area (Å²) in [4.78, 5) is 0. The molecule has 0 aliphatic carbocycles. The van der Waals surface area contributed by atoms with E-state index >= 15 is 0 Å². The van der Waals surface area contributed by atoms with Crippen LogP contribution in [0.25, 0.3) is 0 Å². The molecule has 0 saturated heterocycles. The fourth-order valence-corrected chi connectivity index (χ4v) is 1.53. The van der Waals surface area contributed by atoms with Crippen molar-refractivity contribution in [2.75, 3.05) is 32.8 Å². The van der Waals surface area contributed by atoms with Crippen LogP contribution >= 0.6 is 0 Å². The predicted molar refractivity (Wildman–Crippen MR) is 65.9 cm³/mol. The number of benzene rings is 1. The van der Waals surface area contributed by atoms with Gasteiger partial charge < -0.3 is 25.0 Å². The van der Waals surface area contributed by atoms with Crippen LogP contribution in [0.3, 0.4) is 0 Å². The molecule has 0 aliphatic rings. The van der Waals surface area contributed by atoms with E-state index < -0.39 is 6.04 Å². The van der Waals surface area contributed by atoms with Crippen molar-refractivity contribution in [3.63, 3.8) is 0 Å². The van der Waals surface area contributed by atoms with Gasteiger partial charge in [0.25, 0.3) is 0 Å². The first-order chi connectivity index (χ1) is 8.15. The Morgan fingerprint density at radius 2 is 1.71 bits per heavy atom. The normalized spacial score (nSPS) is 10.5. The number of nitrogens with one attached hydrogen (secondary N) is 1. The highest BCUT2D eigenvalue weighted by molar-refractivity contribution is 5.62. The number of ether oxygens (including phenoxy) is 2. The molecule has 0 heterocycles. The lowest BCUT2D eigenvalue weighted by Gasteiger charge is -2.19. The molecule has 5 heteroatoms. The number of aryl methyl sites for hydroxylation is 1. The van der Waals surface area contributed by atoms with Crippen molar-refractivity contribution in [3.05, 3.63) is 17.7 Å². The summed E-state index contributed by atoms with van der Waals surface area (Å²) in [6.45, 7) is 1.60. The van der Waals surface area contributed by atoms with Crippen LogP contribution in [0.15, 0.2) is 12.1 Å². The van der Waals surface area contributed by atoms with E-state index in [1.807, 2.05) is 13.0 Å². The van der Waals surface area contributed by atoms with Crippen LogP contribution in [-0.2, 0) is 0 Å². The van der Waals surface area contributed by atoms with Gasteiger partial charge in [0, 0.05) is 6.07 Å². The molecular formula is C12H19NO4. The lowest BCUT2D eigenvalue weighted by molar-refractivity contribution is 0.203. The third kappa shape index (κ3) is 3.25. The molecule has 5 nitrogen and oxygen atoms in total. The number of hydrogen-bond acceptors (Lipinski definition) is 5. The standard InChI is InChI=1S/C12H19NO4/c1-8-4-12(17-3)10(5-11(8)16-2)13-9(6-14)7-15/h4-5,9,13-15H,6-7H2,1-3H3. The van der Waals surface area contributed by atoms with Gasteiger partial charge in [-0.15, -0.1) is 0 Å². The van der Waals surface area contributed by atoms with Crippen LogP contribution in [0.5, 0.6) is 11.5 Å². The minimum atomic E-state index is -0.420. The zero-order valence-corrected chi connectivity index (χ0v) is 10.4. The van der Waals surface area contributed by atoms with E-state index in [9.17, 15) is 0 Å². The molecule has 0 saturated carbocycles. The minimum absolute atomic E-state index is 0.157.